The zero-order chi connectivity index (χ0) is 10.6. The molecule has 0 bridgehead atoms. The lowest BCUT2D eigenvalue weighted by molar-refractivity contribution is 0.0217. The number of aldehydes is 1. The monoisotopic (exact) mass is 196 g/mol. The Morgan fingerprint density at radius 3 is 2.64 bits per heavy atom. The number of carbonyl (C=O) groups is 1. The Hall–Kier alpha value is -1.30. The molecular weight excluding hydrogens is 184 g/mol. The molecule has 5 nitrogen and oxygen atoms in total. The summed E-state index contributed by atoms with van der Waals surface area (Å²) in [5.74, 6) is 0. The van der Waals surface area contributed by atoms with Gasteiger partial charge in [0.15, 0.2) is 6.29 Å². The van der Waals surface area contributed by atoms with Crippen LogP contribution in [0.3, 0.4) is 0 Å². The first-order valence-electron chi connectivity index (χ1n) is 4.16. The molecule has 0 saturated heterocycles. The van der Waals surface area contributed by atoms with E-state index in [9.17, 15) is 15.0 Å². The van der Waals surface area contributed by atoms with Crippen molar-refractivity contribution in [3.8, 4) is 0 Å². The molecule has 0 amide bonds. The quantitative estimate of drug-likeness (QED) is 0.550. The van der Waals surface area contributed by atoms with Crippen LogP contribution >= 0.6 is 0 Å². The van der Waals surface area contributed by atoms with Gasteiger partial charge in [0.25, 0.3) is 0 Å². The second-order valence-electron chi connectivity index (χ2n) is 2.88. The van der Waals surface area contributed by atoms with Crippen LogP contribution in [0.2, 0.25) is 0 Å². The number of nitrogens with two attached hydrogens (primary N) is 1. The SMILES string of the molecule is NCC(O)C(O)c1ccc(C=O)cn1. The first-order valence-corrected chi connectivity index (χ1v) is 4.16. The molecule has 1 aromatic heterocycles. The van der Waals surface area contributed by atoms with E-state index < -0.39 is 12.2 Å². The van der Waals surface area contributed by atoms with Crippen LogP contribution in [-0.4, -0.2) is 34.1 Å². The Balaban J connectivity index is 2.80. The lowest BCUT2D eigenvalue weighted by Gasteiger charge is -2.14. The average Bonchev–Trinajstić information content (AvgIpc) is 2.27. The van der Waals surface area contributed by atoms with E-state index in [1.165, 1.54) is 18.3 Å². The van der Waals surface area contributed by atoms with E-state index in [4.69, 9.17) is 5.73 Å². The molecule has 2 atom stereocenters. The molecule has 0 radical (unpaired) electrons. The molecule has 14 heavy (non-hydrogen) atoms. The van der Waals surface area contributed by atoms with Crippen LogP contribution in [-0.2, 0) is 0 Å². The van der Waals surface area contributed by atoms with Gasteiger partial charge >= 0.3 is 0 Å². The molecule has 0 aliphatic carbocycles. The van der Waals surface area contributed by atoms with Gasteiger partial charge in [0, 0.05) is 18.3 Å². The molecule has 76 valence electrons. The predicted octanol–water partition coefficient (Wildman–Crippen LogP) is -0.753. The van der Waals surface area contributed by atoms with E-state index in [1.807, 2.05) is 0 Å². The lowest BCUT2D eigenvalue weighted by Crippen LogP contribution is -2.27. The summed E-state index contributed by atoms with van der Waals surface area (Å²) in [6.45, 7) is -0.0434. The molecule has 1 rings (SSSR count). The Labute approximate surface area is 81.2 Å². The van der Waals surface area contributed by atoms with Crippen LogP contribution < -0.4 is 5.73 Å². The van der Waals surface area contributed by atoms with Crippen molar-refractivity contribution in [1.29, 1.82) is 0 Å². The van der Waals surface area contributed by atoms with E-state index in [1.54, 1.807) is 0 Å². The Morgan fingerprint density at radius 1 is 1.50 bits per heavy atom. The van der Waals surface area contributed by atoms with Gasteiger partial charge in [-0.15, -0.1) is 0 Å². The first-order chi connectivity index (χ1) is 6.69. The number of aliphatic hydroxyl groups excluding tert-OH is 2. The van der Waals surface area contributed by atoms with Crippen LogP contribution in [0.25, 0.3) is 0 Å². The van der Waals surface area contributed by atoms with Gasteiger partial charge in [0.05, 0.1) is 11.8 Å². The van der Waals surface area contributed by atoms with Gasteiger partial charge in [-0.05, 0) is 12.1 Å². The highest BCUT2D eigenvalue weighted by molar-refractivity contribution is 5.73. The molecule has 4 N–H and O–H groups in total. The molecular formula is C9H12N2O3. The molecule has 5 heteroatoms. The first kappa shape index (κ1) is 10.8. The maximum Gasteiger partial charge on any atom is 0.151 e. The second-order valence-corrected chi connectivity index (χ2v) is 2.88. The smallest absolute Gasteiger partial charge is 0.151 e. The van der Waals surface area contributed by atoms with Gasteiger partial charge in [0.2, 0.25) is 0 Å². The van der Waals surface area contributed by atoms with Crippen LogP contribution in [0, 0.1) is 0 Å². The van der Waals surface area contributed by atoms with Gasteiger partial charge in [-0.2, -0.15) is 0 Å². The summed E-state index contributed by atoms with van der Waals surface area (Å²) >= 11 is 0. The molecule has 0 aliphatic heterocycles. The summed E-state index contributed by atoms with van der Waals surface area (Å²) < 4.78 is 0. The molecule has 1 aromatic rings. The van der Waals surface area contributed by atoms with Crippen LogP contribution in [0.5, 0.6) is 0 Å². The van der Waals surface area contributed by atoms with Crippen molar-refractivity contribution in [2.75, 3.05) is 6.54 Å². The lowest BCUT2D eigenvalue weighted by atomic mass is 10.1. The van der Waals surface area contributed by atoms with Crippen molar-refractivity contribution >= 4 is 6.29 Å². The Kier molecular flexibility index (Phi) is 3.70. The molecule has 0 aromatic carbocycles. The highest BCUT2D eigenvalue weighted by Crippen LogP contribution is 2.13. The van der Waals surface area contributed by atoms with Gasteiger partial charge < -0.3 is 15.9 Å². The van der Waals surface area contributed by atoms with E-state index in [0.29, 0.717) is 17.5 Å². The van der Waals surface area contributed by atoms with Crippen LogP contribution in [0.1, 0.15) is 22.2 Å². The van der Waals surface area contributed by atoms with Crippen molar-refractivity contribution < 1.29 is 15.0 Å². The molecule has 2 unspecified atom stereocenters. The van der Waals surface area contributed by atoms with Crippen LogP contribution in [0.15, 0.2) is 18.3 Å². The summed E-state index contributed by atoms with van der Waals surface area (Å²) in [5, 5.41) is 18.7. The maximum absolute atomic E-state index is 10.3. The predicted molar refractivity (Wildman–Crippen MR) is 49.6 cm³/mol. The summed E-state index contributed by atoms with van der Waals surface area (Å²) in [5.41, 5.74) is 5.89. The highest BCUT2D eigenvalue weighted by Gasteiger charge is 2.17. The van der Waals surface area contributed by atoms with Gasteiger partial charge in [0.1, 0.15) is 6.10 Å². The molecule has 0 aliphatic rings. The molecule has 0 saturated carbocycles. The summed E-state index contributed by atoms with van der Waals surface area (Å²) in [6, 6.07) is 3.00. The summed E-state index contributed by atoms with van der Waals surface area (Å²) in [4.78, 5) is 14.1. The van der Waals surface area contributed by atoms with Crippen molar-refractivity contribution in [2.45, 2.75) is 12.2 Å². The average molecular weight is 196 g/mol. The number of nitrogens with zero attached hydrogens (tertiary/aromatic N) is 1. The zero-order valence-corrected chi connectivity index (χ0v) is 7.50. The topological polar surface area (TPSA) is 96.4 Å². The Morgan fingerprint density at radius 2 is 2.21 bits per heavy atom. The maximum atomic E-state index is 10.3. The summed E-state index contributed by atoms with van der Waals surface area (Å²) in [6.07, 6.45) is -0.164. The fourth-order valence-corrected chi connectivity index (χ4v) is 0.987. The molecule has 0 fully saturated rings. The fraction of sp³-hybridized carbons (Fsp3) is 0.333. The highest BCUT2D eigenvalue weighted by atomic mass is 16.3. The van der Waals surface area contributed by atoms with Crippen molar-refractivity contribution in [1.82, 2.24) is 4.98 Å². The number of hydrogen-bond donors (Lipinski definition) is 3. The standard InChI is InChI=1S/C9H12N2O3/c10-3-8(13)9(14)7-2-1-6(5-12)4-11-7/h1-2,4-5,8-9,13-14H,3,10H2. The van der Waals surface area contributed by atoms with Crippen molar-refractivity contribution in [3.63, 3.8) is 0 Å². The van der Waals surface area contributed by atoms with E-state index >= 15 is 0 Å². The second kappa shape index (κ2) is 4.80. The van der Waals surface area contributed by atoms with Gasteiger partial charge in [-0.3, -0.25) is 9.78 Å². The fourth-order valence-electron chi connectivity index (χ4n) is 0.987. The normalized spacial score (nSPS) is 14.8. The van der Waals surface area contributed by atoms with Crippen LogP contribution in [0.4, 0.5) is 0 Å². The number of carbonyl (C=O) groups excluding carboxylic acids is 1. The zero-order valence-electron chi connectivity index (χ0n) is 7.50. The van der Waals surface area contributed by atoms with Crippen molar-refractivity contribution in [3.05, 3.63) is 29.6 Å². The number of rotatable bonds is 4. The van der Waals surface area contributed by atoms with E-state index in [-0.39, 0.29) is 6.54 Å². The molecule has 0 spiro atoms. The minimum atomic E-state index is -1.11. The number of aliphatic hydroxyl groups is 2. The number of aromatic nitrogens is 1. The van der Waals surface area contributed by atoms with E-state index in [0.717, 1.165) is 0 Å². The number of hydrogen-bond acceptors (Lipinski definition) is 5. The third-order valence-electron chi connectivity index (χ3n) is 1.85. The van der Waals surface area contributed by atoms with Crippen molar-refractivity contribution in [2.24, 2.45) is 5.73 Å². The Bertz CT molecular complexity index is 299. The largest absolute Gasteiger partial charge is 0.389 e. The van der Waals surface area contributed by atoms with Gasteiger partial charge in [-0.1, -0.05) is 0 Å². The number of pyridine rings is 1. The molecule has 1 heterocycles. The summed E-state index contributed by atoms with van der Waals surface area (Å²) in [7, 11) is 0. The third kappa shape index (κ3) is 2.35. The minimum absolute atomic E-state index is 0.0434. The van der Waals surface area contributed by atoms with Gasteiger partial charge in [-0.25, -0.2) is 0 Å². The third-order valence-corrected chi connectivity index (χ3v) is 1.85. The minimum Gasteiger partial charge on any atom is -0.389 e. The van der Waals surface area contributed by atoms with E-state index in [2.05, 4.69) is 4.98 Å².